The molecule has 36 heavy (non-hydrogen) atoms. The van der Waals surface area contributed by atoms with Crippen molar-refractivity contribution in [2.75, 3.05) is 33.3 Å². The summed E-state index contributed by atoms with van der Waals surface area (Å²) < 4.78 is 18.2. The van der Waals surface area contributed by atoms with Crippen LogP contribution < -0.4 is 11.1 Å². The highest BCUT2D eigenvalue weighted by Crippen LogP contribution is 2.25. The molecule has 2 unspecified atom stereocenters. The predicted molar refractivity (Wildman–Crippen MR) is 135 cm³/mol. The molecule has 0 aliphatic carbocycles. The maximum absolute atomic E-state index is 13.2. The Bertz CT molecular complexity index is 1090. The van der Waals surface area contributed by atoms with Crippen LogP contribution in [0.15, 0.2) is 42.5 Å². The van der Waals surface area contributed by atoms with E-state index in [1.54, 1.807) is 36.2 Å². The van der Waals surface area contributed by atoms with Crippen molar-refractivity contribution in [1.82, 2.24) is 15.1 Å². The van der Waals surface area contributed by atoms with Gasteiger partial charge in [0, 0.05) is 33.1 Å². The summed E-state index contributed by atoms with van der Waals surface area (Å²) in [5.74, 6) is -0.652. The SMILES string of the molecule is CNC(=O)C(Cc1ccc(Cl)c(Cl)c1)N1CCN(C(=O)CCc2ccc(F)cc2)C(COC(N)=O)C1. The van der Waals surface area contributed by atoms with Gasteiger partial charge < -0.3 is 20.7 Å². The van der Waals surface area contributed by atoms with Crippen LogP contribution in [0.5, 0.6) is 0 Å². The minimum atomic E-state index is -0.940. The summed E-state index contributed by atoms with van der Waals surface area (Å²) in [6.45, 7) is 0.981. The summed E-state index contributed by atoms with van der Waals surface area (Å²) in [5.41, 5.74) is 6.85. The third-order valence-electron chi connectivity index (χ3n) is 6.20. The average molecular weight is 539 g/mol. The Hall–Kier alpha value is -2.88. The van der Waals surface area contributed by atoms with E-state index in [1.807, 2.05) is 11.0 Å². The first-order valence-corrected chi connectivity index (χ1v) is 12.3. The molecular weight excluding hydrogens is 510 g/mol. The average Bonchev–Trinajstić information content (AvgIpc) is 2.87. The summed E-state index contributed by atoms with van der Waals surface area (Å²) in [6.07, 6.45) is 0.0877. The quantitative estimate of drug-likeness (QED) is 0.510. The van der Waals surface area contributed by atoms with E-state index >= 15 is 0 Å². The molecule has 2 aromatic rings. The topological polar surface area (TPSA) is 105 Å². The zero-order valence-electron chi connectivity index (χ0n) is 19.9. The molecule has 0 bridgehead atoms. The smallest absolute Gasteiger partial charge is 0.404 e. The van der Waals surface area contributed by atoms with E-state index in [9.17, 15) is 18.8 Å². The third kappa shape index (κ3) is 7.56. The monoisotopic (exact) mass is 538 g/mol. The lowest BCUT2D eigenvalue weighted by Gasteiger charge is -2.43. The zero-order chi connectivity index (χ0) is 26.2. The van der Waals surface area contributed by atoms with E-state index < -0.39 is 18.2 Å². The van der Waals surface area contributed by atoms with Gasteiger partial charge in [-0.05, 0) is 48.2 Å². The molecule has 2 atom stereocenters. The van der Waals surface area contributed by atoms with Gasteiger partial charge in [0.05, 0.1) is 22.1 Å². The highest BCUT2D eigenvalue weighted by atomic mass is 35.5. The fourth-order valence-corrected chi connectivity index (χ4v) is 4.62. The Labute approximate surface area is 219 Å². The number of carbonyl (C=O) groups is 3. The van der Waals surface area contributed by atoms with Crippen LogP contribution in [0.4, 0.5) is 9.18 Å². The summed E-state index contributed by atoms with van der Waals surface area (Å²) in [5, 5.41) is 3.52. The molecule has 8 nitrogen and oxygen atoms in total. The number of nitrogens with two attached hydrogens (primary N) is 1. The van der Waals surface area contributed by atoms with Gasteiger partial charge in [-0.1, -0.05) is 41.4 Å². The fraction of sp³-hybridized carbons (Fsp3) is 0.400. The molecule has 3 amide bonds. The van der Waals surface area contributed by atoms with Crippen LogP contribution in [0.3, 0.4) is 0 Å². The predicted octanol–water partition coefficient (Wildman–Crippen LogP) is 3.03. The molecule has 1 saturated heterocycles. The van der Waals surface area contributed by atoms with Crippen LogP contribution in [0.2, 0.25) is 10.0 Å². The number of ether oxygens (including phenoxy) is 1. The first-order valence-electron chi connectivity index (χ1n) is 11.5. The summed E-state index contributed by atoms with van der Waals surface area (Å²) >= 11 is 12.2. The van der Waals surface area contributed by atoms with Gasteiger partial charge in [-0.25, -0.2) is 9.18 Å². The summed E-state index contributed by atoms with van der Waals surface area (Å²) in [4.78, 5) is 40.8. The number of piperazine rings is 1. The standard InChI is InChI=1S/C25H29Cl2FN4O4/c1-30-24(34)22(13-17-4-8-20(26)21(27)12-17)31-10-11-32(19(14-31)15-36-25(29)35)23(33)9-5-16-2-6-18(28)7-3-16/h2-4,6-8,12,19,22H,5,9-11,13-15H2,1H3,(H2,29,35)(H,30,34). The molecule has 3 N–H and O–H groups in total. The molecule has 1 aliphatic rings. The number of carbonyl (C=O) groups excluding carboxylic acids is 3. The molecule has 11 heteroatoms. The van der Waals surface area contributed by atoms with Crippen LogP contribution in [0.25, 0.3) is 0 Å². The molecule has 0 radical (unpaired) electrons. The van der Waals surface area contributed by atoms with Crippen molar-refractivity contribution in [3.05, 3.63) is 69.5 Å². The Balaban J connectivity index is 1.73. The lowest BCUT2D eigenvalue weighted by molar-refractivity contribution is -0.139. The molecular formula is C25H29Cl2FN4O4. The number of aryl methyl sites for hydroxylation is 1. The second-order valence-corrected chi connectivity index (χ2v) is 9.39. The van der Waals surface area contributed by atoms with Gasteiger partial charge in [0.1, 0.15) is 12.4 Å². The maximum Gasteiger partial charge on any atom is 0.404 e. The molecule has 194 valence electrons. The van der Waals surface area contributed by atoms with Crippen LogP contribution in [-0.4, -0.2) is 73.1 Å². The molecule has 1 aliphatic heterocycles. The molecule has 3 rings (SSSR count). The van der Waals surface area contributed by atoms with E-state index in [0.717, 1.165) is 11.1 Å². The second-order valence-electron chi connectivity index (χ2n) is 8.58. The largest absolute Gasteiger partial charge is 0.447 e. The number of primary amides is 1. The highest BCUT2D eigenvalue weighted by Gasteiger charge is 2.36. The number of hydrogen-bond acceptors (Lipinski definition) is 5. The van der Waals surface area contributed by atoms with Crippen molar-refractivity contribution in [1.29, 1.82) is 0 Å². The molecule has 1 heterocycles. The summed E-state index contributed by atoms with van der Waals surface area (Å²) in [7, 11) is 1.56. The van der Waals surface area contributed by atoms with Gasteiger partial charge in [0.15, 0.2) is 0 Å². The van der Waals surface area contributed by atoms with E-state index in [4.69, 9.17) is 33.7 Å². The van der Waals surface area contributed by atoms with E-state index in [-0.39, 0.29) is 30.7 Å². The number of likely N-dealkylation sites (N-methyl/N-ethyl adjacent to an activating group) is 1. The van der Waals surface area contributed by atoms with Gasteiger partial charge in [-0.15, -0.1) is 0 Å². The van der Waals surface area contributed by atoms with Crippen molar-refractivity contribution in [3.63, 3.8) is 0 Å². The van der Waals surface area contributed by atoms with E-state index in [0.29, 0.717) is 42.5 Å². The van der Waals surface area contributed by atoms with Gasteiger partial charge in [-0.3, -0.25) is 14.5 Å². The van der Waals surface area contributed by atoms with Crippen molar-refractivity contribution < 1.29 is 23.5 Å². The van der Waals surface area contributed by atoms with Crippen LogP contribution in [0.1, 0.15) is 17.5 Å². The van der Waals surface area contributed by atoms with Crippen molar-refractivity contribution in [2.45, 2.75) is 31.3 Å². The van der Waals surface area contributed by atoms with Crippen LogP contribution >= 0.6 is 23.2 Å². The third-order valence-corrected chi connectivity index (χ3v) is 6.94. The number of halogens is 3. The lowest BCUT2D eigenvalue weighted by Crippen LogP contribution is -2.61. The van der Waals surface area contributed by atoms with Crippen LogP contribution in [0, 0.1) is 5.82 Å². The minimum Gasteiger partial charge on any atom is -0.447 e. The normalized spacial score (nSPS) is 16.9. The second kappa shape index (κ2) is 12.9. The number of nitrogens with one attached hydrogen (secondary N) is 1. The zero-order valence-corrected chi connectivity index (χ0v) is 21.4. The molecule has 2 aromatic carbocycles. The molecule has 0 aromatic heterocycles. The van der Waals surface area contributed by atoms with E-state index in [2.05, 4.69) is 5.32 Å². The van der Waals surface area contributed by atoms with Gasteiger partial charge in [-0.2, -0.15) is 0 Å². The Morgan fingerprint density at radius 2 is 1.81 bits per heavy atom. The van der Waals surface area contributed by atoms with Gasteiger partial charge >= 0.3 is 6.09 Å². The van der Waals surface area contributed by atoms with Gasteiger partial charge in [0.2, 0.25) is 11.8 Å². The minimum absolute atomic E-state index is 0.0959. The van der Waals surface area contributed by atoms with Gasteiger partial charge in [0.25, 0.3) is 0 Å². The van der Waals surface area contributed by atoms with Crippen molar-refractivity contribution in [2.24, 2.45) is 5.73 Å². The lowest BCUT2D eigenvalue weighted by atomic mass is 10.0. The van der Waals surface area contributed by atoms with Crippen LogP contribution in [-0.2, 0) is 27.2 Å². The van der Waals surface area contributed by atoms with Crippen molar-refractivity contribution >= 4 is 41.1 Å². The van der Waals surface area contributed by atoms with E-state index in [1.165, 1.54) is 12.1 Å². The summed E-state index contributed by atoms with van der Waals surface area (Å²) in [6, 6.07) is 10.2. The van der Waals surface area contributed by atoms with Crippen molar-refractivity contribution in [3.8, 4) is 0 Å². The molecule has 0 spiro atoms. The Morgan fingerprint density at radius 1 is 1.11 bits per heavy atom. The Kier molecular flexibility index (Phi) is 9.92. The number of nitrogens with zero attached hydrogens (tertiary/aromatic N) is 2. The highest BCUT2D eigenvalue weighted by molar-refractivity contribution is 6.42. The number of benzene rings is 2. The maximum atomic E-state index is 13.2. The first-order chi connectivity index (χ1) is 17.2. The number of amides is 3. The fourth-order valence-electron chi connectivity index (χ4n) is 4.30. The number of hydrogen-bond donors (Lipinski definition) is 2. The Morgan fingerprint density at radius 3 is 2.44 bits per heavy atom. The number of rotatable bonds is 9. The first kappa shape index (κ1) is 27.7. The molecule has 1 fully saturated rings. The molecule has 0 saturated carbocycles.